The van der Waals surface area contributed by atoms with Crippen molar-refractivity contribution in [3.05, 3.63) is 30.5 Å². The van der Waals surface area contributed by atoms with Gasteiger partial charge in [0.05, 0.1) is 12.7 Å². The van der Waals surface area contributed by atoms with Crippen molar-refractivity contribution in [2.45, 2.75) is 12.9 Å². The van der Waals surface area contributed by atoms with Crippen molar-refractivity contribution in [2.24, 2.45) is 5.73 Å². The van der Waals surface area contributed by atoms with Crippen LogP contribution in [0.5, 0.6) is 5.75 Å². The molecule has 0 amide bonds. The van der Waals surface area contributed by atoms with E-state index in [0.717, 1.165) is 0 Å². The van der Waals surface area contributed by atoms with Crippen LogP contribution < -0.4 is 10.5 Å². The molecule has 8 heteroatoms. The molecule has 0 atom stereocenters. The van der Waals surface area contributed by atoms with Gasteiger partial charge in [-0.2, -0.15) is 0 Å². The fraction of sp³-hybridized carbons (Fsp3) is 0.273. The zero-order chi connectivity index (χ0) is 13.9. The molecule has 2 N–H and O–H groups in total. The highest BCUT2D eigenvalue weighted by Crippen LogP contribution is 2.26. The molecule has 0 unspecified atom stereocenters. The summed E-state index contributed by atoms with van der Waals surface area (Å²) in [5.74, 6) is -0.293. The van der Waals surface area contributed by atoms with E-state index in [1.165, 1.54) is 22.9 Å². The molecule has 2 rings (SSSR count). The Morgan fingerprint density at radius 2 is 2.11 bits per heavy atom. The van der Waals surface area contributed by atoms with Gasteiger partial charge in [0, 0.05) is 12.1 Å². The van der Waals surface area contributed by atoms with E-state index in [1.807, 2.05) is 0 Å². The lowest BCUT2D eigenvalue weighted by Crippen LogP contribution is -2.17. The predicted octanol–water partition coefficient (Wildman–Crippen LogP) is 1.80. The molecule has 0 aliphatic heterocycles. The van der Waals surface area contributed by atoms with Crippen LogP contribution in [-0.4, -0.2) is 27.9 Å². The highest BCUT2D eigenvalue weighted by atomic mass is 19.4. The number of rotatable bonds is 4. The van der Waals surface area contributed by atoms with E-state index in [-0.39, 0.29) is 5.75 Å². The van der Waals surface area contributed by atoms with Crippen molar-refractivity contribution < 1.29 is 17.9 Å². The Balaban J connectivity index is 2.22. The number of nitrogens with zero attached hydrogens (tertiary/aromatic N) is 3. The standard InChI is InChI=1S/C11H11F3N4O/c12-11(13,14)19-9-3-1-2-8(6-9)10-7-18(5-4-15)17-16-10/h1-3,6-7H,4-5,15H2. The number of benzene rings is 1. The Morgan fingerprint density at radius 3 is 2.79 bits per heavy atom. The van der Waals surface area contributed by atoms with Crippen molar-refractivity contribution in [1.82, 2.24) is 15.0 Å². The molecule has 0 aliphatic rings. The van der Waals surface area contributed by atoms with E-state index in [2.05, 4.69) is 15.0 Å². The molecule has 0 aliphatic carbocycles. The molecule has 0 radical (unpaired) electrons. The van der Waals surface area contributed by atoms with Gasteiger partial charge < -0.3 is 10.5 Å². The van der Waals surface area contributed by atoms with Crippen molar-refractivity contribution >= 4 is 0 Å². The molecule has 0 fully saturated rings. The lowest BCUT2D eigenvalue weighted by Gasteiger charge is -2.09. The quantitative estimate of drug-likeness (QED) is 0.921. The summed E-state index contributed by atoms with van der Waals surface area (Å²) in [5, 5.41) is 7.67. The SMILES string of the molecule is NCCn1cc(-c2cccc(OC(F)(F)F)c2)nn1. The van der Waals surface area contributed by atoms with Gasteiger partial charge in [0.2, 0.25) is 0 Å². The maximum absolute atomic E-state index is 12.1. The number of nitrogens with two attached hydrogens (primary N) is 1. The molecule has 1 heterocycles. The van der Waals surface area contributed by atoms with Crippen LogP contribution in [0.1, 0.15) is 0 Å². The van der Waals surface area contributed by atoms with E-state index in [4.69, 9.17) is 5.73 Å². The largest absolute Gasteiger partial charge is 0.573 e. The number of ether oxygens (including phenoxy) is 1. The van der Waals surface area contributed by atoms with Crippen LogP contribution in [0.15, 0.2) is 30.5 Å². The molecule has 1 aromatic heterocycles. The fourth-order valence-electron chi connectivity index (χ4n) is 1.52. The van der Waals surface area contributed by atoms with Crippen LogP contribution in [0.3, 0.4) is 0 Å². The summed E-state index contributed by atoms with van der Waals surface area (Å²) in [7, 11) is 0. The second-order valence-corrected chi connectivity index (χ2v) is 3.73. The Labute approximate surface area is 106 Å². The molecule has 0 saturated heterocycles. The molecule has 5 nitrogen and oxygen atoms in total. The average molecular weight is 272 g/mol. The van der Waals surface area contributed by atoms with Gasteiger partial charge in [0.1, 0.15) is 11.4 Å². The predicted molar refractivity (Wildman–Crippen MR) is 61.2 cm³/mol. The summed E-state index contributed by atoms with van der Waals surface area (Å²) in [6.07, 6.45) is -3.10. The Hall–Kier alpha value is -2.09. The van der Waals surface area contributed by atoms with Crippen molar-refractivity contribution in [3.63, 3.8) is 0 Å². The topological polar surface area (TPSA) is 66.0 Å². The van der Waals surface area contributed by atoms with E-state index in [1.54, 1.807) is 12.3 Å². The zero-order valence-electron chi connectivity index (χ0n) is 9.76. The van der Waals surface area contributed by atoms with Gasteiger partial charge >= 0.3 is 6.36 Å². The number of halogens is 3. The van der Waals surface area contributed by atoms with Crippen molar-refractivity contribution in [1.29, 1.82) is 0 Å². The highest BCUT2D eigenvalue weighted by Gasteiger charge is 2.31. The molecule has 19 heavy (non-hydrogen) atoms. The van der Waals surface area contributed by atoms with Gasteiger partial charge in [0.25, 0.3) is 0 Å². The minimum absolute atomic E-state index is 0.293. The lowest BCUT2D eigenvalue weighted by atomic mass is 10.1. The average Bonchev–Trinajstić information content (AvgIpc) is 2.76. The molecule has 0 bridgehead atoms. The number of hydrogen-bond donors (Lipinski definition) is 1. The first-order chi connectivity index (χ1) is 8.98. The minimum atomic E-state index is -4.71. The summed E-state index contributed by atoms with van der Waals surface area (Å²) in [5.41, 5.74) is 6.32. The van der Waals surface area contributed by atoms with Crippen LogP contribution in [0.2, 0.25) is 0 Å². The van der Waals surface area contributed by atoms with E-state index in [0.29, 0.717) is 24.3 Å². The van der Waals surface area contributed by atoms with E-state index >= 15 is 0 Å². The minimum Gasteiger partial charge on any atom is -0.406 e. The molecular weight excluding hydrogens is 261 g/mol. The molecule has 2 aromatic rings. The van der Waals surface area contributed by atoms with Gasteiger partial charge in [-0.15, -0.1) is 18.3 Å². The first-order valence-electron chi connectivity index (χ1n) is 5.44. The van der Waals surface area contributed by atoms with Crippen LogP contribution in [0.4, 0.5) is 13.2 Å². The summed E-state index contributed by atoms with van der Waals surface area (Å²) < 4.78 is 41.7. The van der Waals surface area contributed by atoms with Crippen LogP contribution in [0.25, 0.3) is 11.3 Å². The maximum atomic E-state index is 12.1. The van der Waals surface area contributed by atoms with Crippen molar-refractivity contribution in [2.75, 3.05) is 6.54 Å². The third-order valence-corrected chi connectivity index (χ3v) is 2.26. The second-order valence-electron chi connectivity index (χ2n) is 3.73. The Morgan fingerprint density at radius 1 is 1.32 bits per heavy atom. The molecule has 0 spiro atoms. The monoisotopic (exact) mass is 272 g/mol. The fourth-order valence-corrected chi connectivity index (χ4v) is 1.52. The van der Waals surface area contributed by atoms with Crippen LogP contribution in [0, 0.1) is 0 Å². The third-order valence-electron chi connectivity index (χ3n) is 2.26. The van der Waals surface area contributed by atoms with Gasteiger partial charge in [-0.3, -0.25) is 4.68 Å². The lowest BCUT2D eigenvalue weighted by molar-refractivity contribution is -0.274. The number of alkyl halides is 3. The Kier molecular flexibility index (Phi) is 3.70. The van der Waals surface area contributed by atoms with E-state index < -0.39 is 6.36 Å². The van der Waals surface area contributed by atoms with Crippen LogP contribution in [-0.2, 0) is 6.54 Å². The normalized spacial score (nSPS) is 11.6. The van der Waals surface area contributed by atoms with Gasteiger partial charge in [-0.25, -0.2) is 0 Å². The summed E-state index contributed by atoms with van der Waals surface area (Å²) in [4.78, 5) is 0. The number of aromatic nitrogens is 3. The van der Waals surface area contributed by atoms with E-state index in [9.17, 15) is 13.2 Å². The second kappa shape index (κ2) is 5.27. The summed E-state index contributed by atoms with van der Waals surface area (Å²) >= 11 is 0. The first-order valence-corrected chi connectivity index (χ1v) is 5.44. The van der Waals surface area contributed by atoms with Crippen LogP contribution >= 0.6 is 0 Å². The zero-order valence-corrected chi connectivity index (χ0v) is 9.76. The molecule has 1 aromatic carbocycles. The summed E-state index contributed by atoms with van der Waals surface area (Å²) in [6, 6.07) is 5.56. The molecule has 102 valence electrons. The van der Waals surface area contributed by atoms with Gasteiger partial charge in [-0.1, -0.05) is 17.3 Å². The smallest absolute Gasteiger partial charge is 0.406 e. The maximum Gasteiger partial charge on any atom is 0.573 e. The van der Waals surface area contributed by atoms with Gasteiger partial charge in [0.15, 0.2) is 0 Å². The van der Waals surface area contributed by atoms with Gasteiger partial charge in [-0.05, 0) is 12.1 Å². The molecular formula is C11H11F3N4O. The van der Waals surface area contributed by atoms with Crippen molar-refractivity contribution in [3.8, 4) is 17.0 Å². The summed E-state index contributed by atoms with van der Waals surface area (Å²) in [6.45, 7) is 0.895. The third kappa shape index (κ3) is 3.68. The Bertz CT molecular complexity index is 553. The number of hydrogen-bond acceptors (Lipinski definition) is 4. The highest BCUT2D eigenvalue weighted by molar-refractivity contribution is 5.59. The first kappa shape index (κ1) is 13.3. The molecule has 0 saturated carbocycles.